The van der Waals surface area contributed by atoms with Gasteiger partial charge in [0, 0.05) is 5.56 Å². The van der Waals surface area contributed by atoms with Crippen LogP contribution in [-0.2, 0) is 5.41 Å². The van der Waals surface area contributed by atoms with Crippen molar-refractivity contribution in [3.63, 3.8) is 0 Å². The van der Waals surface area contributed by atoms with Gasteiger partial charge in [-0.25, -0.2) is 0 Å². The highest BCUT2D eigenvalue weighted by Crippen LogP contribution is 2.30. The van der Waals surface area contributed by atoms with E-state index in [1.165, 1.54) is 0 Å². The summed E-state index contributed by atoms with van der Waals surface area (Å²) in [6.45, 7) is 10.3. The highest BCUT2D eigenvalue weighted by Gasteiger charge is 2.23. The van der Waals surface area contributed by atoms with Crippen LogP contribution in [0.1, 0.15) is 62.0 Å². The quantitative estimate of drug-likeness (QED) is 0.748. The Morgan fingerprint density at radius 2 is 1.81 bits per heavy atom. The first-order valence-corrected chi connectivity index (χ1v) is 5.64. The first kappa shape index (κ1) is 12.8. The predicted molar refractivity (Wildman–Crippen MR) is 66.7 cm³/mol. The maximum atomic E-state index is 11.5. The highest BCUT2D eigenvalue weighted by molar-refractivity contribution is 5.96. The summed E-state index contributed by atoms with van der Waals surface area (Å²) in [5.74, 6) is -0.305. The lowest BCUT2D eigenvalue weighted by molar-refractivity contribution is 0.0988. The molecule has 16 heavy (non-hydrogen) atoms. The predicted octanol–water partition coefficient (Wildman–Crippen LogP) is 3.53. The minimum Gasteiger partial charge on any atom is -0.267 e. The lowest BCUT2D eigenvalue weighted by Crippen LogP contribution is -2.19. The average molecular weight is 218 g/mol. The summed E-state index contributed by atoms with van der Waals surface area (Å²) in [7, 11) is 0. The van der Waals surface area contributed by atoms with Crippen molar-refractivity contribution in [3.8, 4) is 0 Å². The molecule has 0 aliphatic carbocycles. The molecule has 87 valence electrons. The molecule has 1 N–H and O–H groups in total. The molecule has 0 aliphatic heterocycles. The summed E-state index contributed by atoms with van der Waals surface area (Å²) in [6, 6.07) is 5.87. The second-order valence-electron chi connectivity index (χ2n) is 5.50. The zero-order chi connectivity index (χ0) is 12.5. The van der Waals surface area contributed by atoms with Gasteiger partial charge < -0.3 is 0 Å². The van der Waals surface area contributed by atoms with E-state index in [4.69, 9.17) is 5.73 Å². The van der Waals surface area contributed by atoms with Crippen molar-refractivity contribution in [2.24, 2.45) is 0 Å². The van der Waals surface area contributed by atoms with Crippen LogP contribution in [0, 0.1) is 0 Å². The first-order valence-electron chi connectivity index (χ1n) is 5.64. The van der Waals surface area contributed by atoms with E-state index in [2.05, 4.69) is 20.8 Å². The van der Waals surface area contributed by atoms with E-state index in [-0.39, 0.29) is 11.3 Å². The molecular formula is C14H20NO. The van der Waals surface area contributed by atoms with Gasteiger partial charge in [0.2, 0.25) is 0 Å². The maximum Gasteiger partial charge on any atom is 0.270 e. The zero-order valence-corrected chi connectivity index (χ0v) is 10.7. The third-order valence-corrected chi connectivity index (χ3v) is 2.75. The Morgan fingerprint density at radius 3 is 2.19 bits per heavy atom. The van der Waals surface area contributed by atoms with Gasteiger partial charge in [-0.15, -0.1) is 0 Å². The number of amides is 1. The molecule has 0 aromatic heterocycles. The van der Waals surface area contributed by atoms with Crippen molar-refractivity contribution in [3.05, 3.63) is 34.9 Å². The Morgan fingerprint density at radius 1 is 1.25 bits per heavy atom. The van der Waals surface area contributed by atoms with Crippen molar-refractivity contribution in [2.75, 3.05) is 0 Å². The van der Waals surface area contributed by atoms with Crippen molar-refractivity contribution in [1.29, 1.82) is 0 Å². The van der Waals surface area contributed by atoms with Gasteiger partial charge in [-0.3, -0.25) is 10.5 Å². The molecule has 0 saturated carbocycles. The zero-order valence-electron chi connectivity index (χ0n) is 10.7. The molecule has 0 unspecified atom stereocenters. The molecule has 1 rings (SSSR count). The van der Waals surface area contributed by atoms with E-state index >= 15 is 0 Å². The first-order chi connectivity index (χ1) is 7.25. The van der Waals surface area contributed by atoms with E-state index < -0.39 is 5.91 Å². The van der Waals surface area contributed by atoms with Gasteiger partial charge >= 0.3 is 0 Å². The number of carbonyl (C=O) groups is 1. The number of hydrogen-bond donors (Lipinski definition) is 0. The summed E-state index contributed by atoms with van der Waals surface area (Å²) < 4.78 is 0. The van der Waals surface area contributed by atoms with Gasteiger partial charge in [0.05, 0.1) is 0 Å². The molecule has 1 radical (unpaired) electrons. The number of benzene rings is 1. The number of hydrogen-bond acceptors (Lipinski definition) is 1. The molecule has 0 bridgehead atoms. The summed E-state index contributed by atoms with van der Waals surface area (Å²) in [5.41, 5.74) is 9.87. The van der Waals surface area contributed by atoms with Crippen molar-refractivity contribution >= 4 is 5.91 Å². The molecule has 0 fully saturated rings. The molecule has 1 aromatic rings. The summed E-state index contributed by atoms with van der Waals surface area (Å²) >= 11 is 0. The molecule has 0 atom stereocenters. The van der Waals surface area contributed by atoms with E-state index in [0.29, 0.717) is 5.56 Å². The van der Waals surface area contributed by atoms with Crippen LogP contribution in [0.25, 0.3) is 0 Å². The minimum absolute atomic E-state index is 0.100. The van der Waals surface area contributed by atoms with Crippen molar-refractivity contribution < 1.29 is 4.79 Å². The molecule has 1 amide bonds. The second-order valence-corrected chi connectivity index (χ2v) is 5.50. The van der Waals surface area contributed by atoms with Gasteiger partial charge in [-0.05, 0) is 22.5 Å². The summed E-state index contributed by atoms with van der Waals surface area (Å²) in [6.07, 6.45) is 0. The van der Waals surface area contributed by atoms with Crippen molar-refractivity contribution in [2.45, 2.75) is 46.0 Å². The van der Waals surface area contributed by atoms with Crippen LogP contribution in [0.2, 0.25) is 0 Å². The Labute approximate surface area is 97.9 Å². The molecule has 0 saturated heterocycles. The maximum absolute atomic E-state index is 11.5. The van der Waals surface area contributed by atoms with Crippen LogP contribution in [0.15, 0.2) is 18.2 Å². The van der Waals surface area contributed by atoms with Crippen LogP contribution < -0.4 is 5.73 Å². The Balaban J connectivity index is 3.52. The molecule has 1 aromatic carbocycles. The molecule has 0 spiro atoms. The fraction of sp³-hybridized carbons (Fsp3) is 0.500. The molecule has 0 heterocycles. The third-order valence-electron chi connectivity index (χ3n) is 2.75. The molecule has 2 nitrogen and oxygen atoms in total. The van der Waals surface area contributed by atoms with E-state index in [0.717, 1.165) is 11.1 Å². The van der Waals surface area contributed by atoms with Crippen LogP contribution in [0.4, 0.5) is 0 Å². The van der Waals surface area contributed by atoms with Crippen LogP contribution >= 0.6 is 0 Å². The summed E-state index contributed by atoms with van der Waals surface area (Å²) in [4.78, 5) is 11.5. The number of carbonyl (C=O) groups excluding carboxylic acids is 1. The Kier molecular flexibility index (Phi) is 3.41. The Hall–Kier alpha value is -1.31. The third kappa shape index (κ3) is 2.43. The lowest BCUT2D eigenvalue weighted by Gasteiger charge is -2.24. The van der Waals surface area contributed by atoms with E-state index in [1.807, 2.05) is 32.0 Å². The van der Waals surface area contributed by atoms with Crippen molar-refractivity contribution in [1.82, 2.24) is 5.73 Å². The largest absolute Gasteiger partial charge is 0.270 e. The van der Waals surface area contributed by atoms with Crippen LogP contribution in [0.3, 0.4) is 0 Å². The molecular weight excluding hydrogens is 198 g/mol. The SMILES string of the molecule is CC(C)c1cccc(C(C)(C)C)c1C([NH])=O. The smallest absolute Gasteiger partial charge is 0.267 e. The fourth-order valence-electron chi connectivity index (χ4n) is 1.93. The monoisotopic (exact) mass is 218 g/mol. The Bertz CT molecular complexity index is 400. The highest BCUT2D eigenvalue weighted by atomic mass is 16.1. The van der Waals surface area contributed by atoms with Gasteiger partial charge in [-0.2, -0.15) is 0 Å². The van der Waals surface area contributed by atoms with Gasteiger partial charge in [0.1, 0.15) is 0 Å². The van der Waals surface area contributed by atoms with E-state index in [1.54, 1.807) is 0 Å². The second kappa shape index (κ2) is 4.28. The number of rotatable bonds is 2. The van der Waals surface area contributed by atoms with Crippen LogP contribution in [-0.4, -0.2) is 5.91 Å². The molecule has 2 heteroatoms. The molecule has 0 aliphatic rings. The van der Waals surface area contributed by atoms with Crippen LogP contribution in [0.5, 0.6) is 0 Å². The lowest BCUT2D eigenvalue weighted by atomic mass is 9.80. The standard InChI is InChI=1S/C14H20NO/c1-9(2)10-7-6-8-11(14(3,4)5)12(10)13(15)16/h6-9,15H,1-5H3. The van der Waals surface area contributed by atoms with Gasteiger partial charge in [-0.1, -0.05) is 52.8 Å². The van der Waals surface area contributed by atoms with Gasteiger partial charge in [0.25, 0.3) is 5.91 Å². The van der Waals surface area contributed by atoms with Gasteiger partial charge in [0.15, 0.2) is 0 Å². The average Bonchev–Trinajstić information content (AvgIpc) is 2.14. The minimum atomic E-state index is -0.575. The topological polar surface area (TPSA) is 40.9 Å². The fourth-order valence-corrected chi connectivity index (χ4v) is 1.93. The summed E-state index contributed by atoms with van der Waals surface area (Å²) in [5, 5.41) is 0. The normalized spacial score (nSPS) is 11.9. The van der Waals surface area contributed by atoms with E-state index in [9.17, 15) is 4.79 Å². The number of nitrogens with one attached hydrogen (secondary N) is 1.